The third-order valence-electron chi connectivity index (χ3n) is 4.70. The van der Waals surface area contributed by atoms with Crippen LogP contribution in [-0.4, -0.2) is 30.5 Å². The van der Waals surface area contributed by atoms with Gasteiger partial charge in [0.25, 0.3) is 0 Å². The molecule has 0 atom stereocenters. The Labute approximate surface area is 137 Å². The van der Waals surface area contributed by atoms with Crippen LogP contribution in [0.3, 0.4) is 0 Å². The normalized spacial score (nSPS) is 17.3. The highest BCUT2D eigenvalue weighted by molar-refractivity contribution is 5.57. The van der Waals surface area contributed by atoms with E-state index in [-0.39, 0.29) is 12.1 Å². The van der Waals surface area contributed by atoms with Crippen molar-refractivity contribution in [3.05, 3.63) is 47.7 Å². The van der Waals surface area contributed by atoms with Gasteiger partial charge in [-0.05, 0) is 37.0 Å². The highest BCUT2D eigenvalue weighted by Gasteiger charge is 2.31. The van der Waals surface area contributed by atoms with Crippen molar-refractivity contribution >= 4 is 0 Å². The first-order valence-corrected chi connectivity index (χ1v) is 8.36. The van der Waals surface area contributed by atoms with Gasteiger partial charge in [0, 0.05) is 24.3 Å². The van der Waals surface area contributed by atoms with Gasteiger partial charge in [0.15, 0.2) is 0 Å². The fourth-order valence-electron chi connectivity index (χ4n) is 2.96. The molecule has 0 bridgehead atoms. The van der Waals surface area contributed by atoms with Gasteiger partial charge in [-0.3, -0.25) is 0 Å². The Bertz CT molecular complexity index is 612. The van der Waals surface area contributed by atoms with E-state index in [1.54, 1.807) is 0 Å². The average molecular weight is 315 g/mol. The van der Waals surface area contributed by atoms with Crippen molar-refractivity contribution in [1.29, 1.82) is 0 Å². The molecule has 1 aliphatic heterocycles. The molecule has 1 fully saturated rings. The van der Waals surface area contributed by atoms with E-state index >= 15 is 0 Å². The van der Waals surface area contributed by atoms with Gasteiger partial charge in [-0.2, -0.15) is 0 Å². The predicted molar refractivity (Wildman–Crippen MR) is 90.2 cm³/mol. The number of benzene rings is 1. The monoisotopic (exact) mass is 315 g/mol. The predicted octanol–water partition coefficient (Wildman–Crippen LogP) is 3.14. The third kappa shape index (κ3) is 3.83. The number of hydrogen-bond acceptors (Lipinski definition) is 4. The molecular formula is C19H25NO3. The zero-order valence-electron chi connectivity index (χ0n) is 13.7. The Hall–Kier alpha value is -1.62. The maximum Gasteiger partial charge on any atom is 0.134 e. The fourth-order valence-corrected chi connectivity index (χ4v) is 2.96. The molecule has 124 valence electrons. The molecule has 4 heteroatoms. The fraction of sp³-hybridized carbons (Fsp3) is 0.474. The molecule has 2 N–H and O–H groups in total. The molecule has 0 unspecified atom stereocenters. The molecule has 2 heterocycles. The van der Waals surface area contributed by atoms with Crippen molar-refractivity contribution in [3.8, 4) is 11.3 Å². The van der Waals surface area contributed by atoms with Gasteiger partial charge in [-0.25, -0.2) is 0 Å². The zero-order chi connectivity index (χ0) is 16.1. The van der Waals surface area contributed by atoms with Crippen LogP contribution in [0.15, 0.2) is 40.8 Å². The lowest BCUT2D eigenvalue weighted by Gasteiger charge is -2.36. The second kappa shape index (κ2) is 7.30. The van der Waals surface area contributed by atoms with Crippen molar-refractivity contribution in [1.82, 2.24) is 5.32 Å². The van der Waals surface area contributed by atoms with E-state index in [1.807, 2.05) is 12.1 Å². The maximum atomic E-state index is 9.70. The molecule has 1 aromatic carbocycles. The van der Waals surface area contributed by atoms with Crippen molar-refractivity contribution in [2.24, 2.45) is 0 Å². The Morgan fingerprint density at radius 1 is 1.09 bits per heavy atom. The van der Waals surface area contributed by atoms with Crippen LogP contribution in [0.5, 0.6) is 0 Å². The first-order valence-electron chi connectivity index (χ1n) is 8.36. The summed E-state index contributed by atoms with van der Waals surface area (Å²) in [6.07, 6.45) is 2.70. The van der Waals surface area contributed by atoms with Gasteiger partial charge in [0.05, 0.1) is 13.2 Å². The van der Waals surface area contributed by atoms with Crippen LogP contribution in [0.1, 0.15) is 31.1 Å². The van der Waals surface area contributed by atoms with Crippen LogP contribution in [0, 0.1) is 0 Å². The second-order valence-electron chi connectivity index (χ2n) is 6.22. The largest absolute Gasteiger partial charge is 0.460 e. The van der Waals surface area contributed by atoms with E-state index < -0.39 is 0 Å². The van der Waals surface area contributed by atoms with Crippen molar-refractivity contribution in [3.63, 3.8) is 0 Å². The summed E-state index contributed by atoms with van der Waals surface area (Å²) in [5.74, 6) is 1.77. The lowest BCUT2D eigenvalue weighted by atomic mass is 9.91. The molecule has 3 rings (SSSR count). The van der Waals surface area contributed by atoms with Crippen molar-refractivity contribution in [2.45, 2.75) is 38.3 Å². The van der Waals surface area contributed by atoms with Gasteiger partial charge in [0.2, 0.25) is 0 Å². The van der Waals surface area contributed by atoms with E-state index in [9.17, 15) is 5.11 Å². The number of ether oxygens (including phenoxy) is 1. The molecule has 0 saturated carbocycles. The van der Waals surface area contributed by atoms with Gasteiger partial charge < -0.3 is 19.6 Å². The zero-order valence-corrected chi connectivity index (χ0v) is 13.7. The average Bonchev–Trinajstić information content (AvgIpc) is 3.10. The summed E-state index contributed by atoms with van der Waals surface area (Å²) in [4.78, 5) is 0. The van der Waals surface area contributed by atoms with Gasteiger partial charge in [-0.1, -0.05) is 31.2 Å². The van der Waals surface area contributed by atoms with Gasteiger partial charge >= 0.3 is 0 Å². The molecule has 1 saturated heterocycles. The van der Waals surface area contributed by atoms with E-state index in [1.165, 1.54) is 5.56 Å². The van der Waals surface area contributed by atoms with E-state index in [4.69, 9.17) is 9.15 Å². The molecular weight excluding hydrogens is 290 g/mol. The van der Waals surface area contributed by atoms with Crippen LogP contribution >= 0.6 is 0 Å². The van der Waals surface area contributed by atoms with Crippen LogP contribution in [0.25, 0.3) is 11.3 Å². The van der Waals surface area contributed by atoms with Crippen LogP contribution < -0.4 is 5.32 Å². The van der Waals surface area contributed by atoms with Crippen LogP contribution in [0.2, 0.25) is 0 Å². The standard InChI is InChI=1S/C19H25NO3/c1-2-15-3-5-16(6-4-15)18-8-7-17(23-18)13-20-19(14-21)9-11-22-12-10-19/h3-8,20-21H,2,9-14H2,1H3. The number of aryl methyl sites for hydroxylation is 1. The SMILES string of the molecule is CCc1ccc(-c2ccc(CNC3(CO)CCOCC3)o2)cc1. The lowest BCUT2D eigenvalue weighted by Crippen LogP contribution is -2.51. The van der Waals surface area contributed by atoms with E-state index in [0.29, 0.717) is 19.8 Å². The summed E-state index contributed by atoms with van der Waals surface area (Å²) in [7, 11) is 0. The Morgan fingerprint density at radius 3 is 2.48 bits per heavy atom. The maximum absolute atomic E-state index is 9.70. The minimum absolute atomic E-state index is 0.127. The summed E-state index contributed by atoms with van der Waals surface area (Å²) in [6, 6.07) is 12.5. The highest BCUT2D eigenvalue weighted by Crippen LogP contribution is 2.24. The molecule has 4 nitrogen and oxygen atoms in total. The Morgan fingerprint density at radius 2 is 1.83 bits per heavy atom. The molecule has 2 aromatic rings. The Kier molecular flexibility index (Phi) is 5.16. The van der Waals surface area contributed by atoms with E-state index in [2.05, 4.69) is 36.5 Å². The first kappa shape index (κ1) is 16.2. The summed E-state index contributed by atoms with van der Waals surface area (Å²) in [6.45, 7) is 4.29. The topological polar surface area (TPSA) is 54.6 Å². The molecule has 1 aliphatic rings. The third-order valence-corrected chi connectivity index (χ3v) is 4.70. The highest BCUT2D eigenvalue weighted by atomic mass is 16.5. The molecule has 0 aliphatic carbocycles. The van der Waals surface area contributed by atoms with Gasteiger partial charge in [0.1, 0.15) is 11.5 Å². The number of aliphatic hydroxyl groups excluding tert-OH is 1. The quantitative estimate of drug-likeness (QED) is 0.860. The second-order valence-corrected chi connectivity index (χ2v) is 6.22. The summed E-state index contributed by atoms with van der Waals surface area (Å²) >= 11 is 0. The number of hydrogen-bond donors (Lipinski definition) is 2. The smallest absolute Gasteiger partial charge is 0.134 e. The molecule has 0 spiro atoms. The van der Waals surface area contributed by atoms with E-state index in [0.717, 1.165) is 36.3 Å². The number of furan rings is 1. The van der Waals surface area contributed by atoms with Gasteiger partial charge in [-0.15, -0.1) is 0 Å². The number of rotatable bonds is 6. The minimum Gasteiger partial charge on any atom is -0.460 e. The summed E-state index contributed by atoms with van der Waals surface area (Å²) in [5.41, 5.74) is 2.18. The number of nitrogens with one attached hydrogen (secondary N) is 1. The Balaban J connectivity index is 1.64. The summed E-state index contributed by atoms with van der Waals surface area (Å²) < 4.78 is 11.3. The van der Waals surface area contributed by atoms with Crippen molar-refractivity contribution < 1.29 is 14.3 Å². The molecule has 0 radical (unpaired) electrons. The minimum atomic E-state index is -0.242. The van der Waals surface area contributed by atoms with Crippen molar-refractivity contribution in [2.75, 3.05) is 19.8 Å². The summed E-state index contributed by atoms with van der Waals surface area (Å²) in [5, 5.41) is 13.2. The van der Waals surface area contributed by atoms with Crippen LogP contribution in [-0.2, 0) is 17.7 Å². The molecule has 1 aromatic heterocycles. The number of aliphatic hydroxyl groups is 1. The molecule has 23 heavy (non-hydrogen) atoms. The first-order chi connectivity index (χ1) is 11.2. The van der Waals surface area contributed by atoms with Crippen LogP contribution in [0.4, 0.5) is 0 Å². The molecule has 0 amide bonds. The lowest BCUT2D eigenvalue weighted by molar-refractivity contribution is 0.0104.